The number of allylic oxidation sites excluding steroid dienone is 1. The Balaban J connectivity index is 3.04. The third-order valence-electron chi connectivity index (χ3n) is 2.85. The molecule has 0 spiro atoms. The molecule has 1 amide bonds. The molecule has 3 N–H and O–H groups in total. The van der Waals surface area contributed by atoms with E-state index in [1.807, 2.05) is 0 Å². The summed E-state index contributed by atoms with van der Waals surface area (Å²) < 4.78 is 10.6. The van der Waals surface area contributed by atoms with Crippen LogP contribution < -0.4 is 20.5 Å². The molecular formula is C15H22N2O3. The first kappa shape index (κ1) is 16.0. The molecule has 0 saturated carbocycles. The molecule has 0 aromatic heterocycles. The van der Waals surface area contributed by atoms with Gasteiger partial charge in [0.1, 0.15) is 0 Å². The van der Waals surface area contributed by atoms with Crippen molar-refractivity contribution in [2.24, 2.45) is 5.73 Å². The van der Waals surface area contributed by atoms with Crippen LogP contribution in [-0.2, 0) is 6.42 Å². The first-order chi connectivity index (χ1) is 9.67. The summed E-state index contributed by atoms with van der Waals surface area (Å²) in [5.41, 5.74) is 6.81. The smallest absolute Gasteiger partial charge is 0.251 e. The van der Waals surface area contributed by atoms with Crippen molar-refractivity contribution in [3.63, 3.8) is 0 Å². The van der Waals surface area contributed by atoms with E-state index in [9.17, 15) is 4.79 Å². The Bertz CT molecular complexity index is 472. The maximum absolute atomic E-state index is 12.1. The quantitative estimate of drug-likeness (QED) is 0.558. The van der Waals surface area contributed by atoms with Gasteiger partial charge in [0.2, 0.25) is 0 Å². The van der Waals surface area contributed by atoms with E-state index in [1.54, 1.807) is 32.4 Å². The summed E-state index contributed by atoms with van der Waals surface area (Å²) in [7, 11) is 3.12. The monoisotopic (exact) mass is 278 g/mol. The zero-order chi connectivity index (χ0) is 15.0. The number of nitrogens with one attached hydrogen (secondary N) is 1. The van der Waals surface area contributed by atoms with Crippen molar-refractivity contribution < 1.29 is 14.3 Å². The molecule has 0 aliphatic heterocycles. The molecular weight excluding hydrogens is 256 g/mol. The maximum atomic E-state index is 12.1. The number of carbonyl (C=O) groups excluding carboxylic acids is 1. The van der Waals surface area contributed by atoms with E-state index in [1.165, 1.54) is 0 Å². The highest BCUT2D eigenvalue weighted by Crippen LogP contribution is 2.33. The second kappa shape index (κ2) is 8.22. The van der Waals surface area contributed by atoms with Crippen molar-refractivity contribution in [2.75, 3.05) is 27.3 Å². The lowest BCUT2D eigenvalue weighted by Crippen LogP contribution is -2.26. The van der Waals surface area contributed by atoms with Gasteiger partial charge >= 0.3 is 0 Å². The Morgan fingerprint density at radius 3 is 2.70 bits per heavy atom. The summed E-state index contributed by atoms with van der Waals surface area (Å²) in [6.07, 6.45) is 3.11. The van der Waals surface area contributed by atoms with Crippen molar-refractivity contribution in [1.82, 2.24) is 5.32 Å². The summed E-state index contributed by atoms with van der Waals surface area (Å²) in [6.45, 7) is 4.82. The van der Waals surface area contributed by atoms with Gasteiger partial charge < -0.3 is 20.5 Å². The van der Waals surface area contributed by atoms with Gasteiger partial charge in [-0.3, -0.25) is 4.79 Å². The number of amides is 1. The van der Waals surface area contributed by atoms with Crippen LogP contribution in [0.5, 0.6) is 11.5 Å². The van der Waals surface area contributed by atoms with E-state index in [4.69, 9.17) is 15.2 Å². The Kier molecular flexibility index (Phi) is 6.59. The number of ether oxygens (including phenoxy) is 2. The number of hydrogen-bond acceptors (Lipinski definition) is 4. The van der Waals surface area contributed by atoms with Crippen LogP contribution >= 0.6 is 0 Å². The van der Waals surface area contributed by atoms with E-state index in [-0.39, 0.29) is 5.91 Å². The van der Waals surface area contributed by atoms with Gasteiger partial charge in [0, 0.05) is 17.7 Å². The van der Waals surface area contributed by atoms with Crippen LogP contribution in [0.4, 0.5) is 0 Å². The lowest BCUT2D eigenvalue weighted by Gasteiger charge is -2.14. The molecule has 110 valence electrons. The molecule has 1 aromatic rings. The van der Waals surface area contributed by atoms with Crippen LogP contribution in [0, 0.1) is 0 Å². The topological polar surface area (TPSA) is 73.6 Å². The molecule has 0 saturated heterocycles. The number of methoxy groups -OCH3 is 2. The lowest BCUT2D eigenvalue weighted by molar-refractivity contribution is 0.0953. The normalized spacial score (nSPS) is 9.95. The molecule has 1 aromatic carbocycles. The van der Waals surface area contributed by atoms with Gasteiger partial charge in [0.15, 0.2) is 11.5 Å². The predicted molar refractivity (Wildman–Crippen MR) is 79.5 cm³/mol. The van der Waals surface area contributed by atoms with Gasteiger partial charge in [0.25, 0.3) is 5.91 Å². The molecule has 0 heterocycles. The highest BCUT2D eigenvalue weighted by molar-refractivity contribution is 5.95. The summed E-state index contributed by atoms with van der Waals surface area (Å²) >= 11 is 0. The average molecular weight is 278 g/mol. The summed E-state index contributed by atoms with van der Waals surface area (Å²) in [5.74, 6) is 1.02. The molecule has 0 aliphatic rings. The summed E-state index contributed by atoms with van der Waals surface area (Å²) in [5, 5.41) is 2.82. The van der Waals surface area contributed by atoms with Crippen molar-refractivity contribution in [3.8, 4) is 11.5 Å². The largest absolute Gasteiger partial charge is 0.493 e. The summed E-state index contributed by atoms with van der Waals surface area (Å²) in [4.78, 5) is 12.1. The van der Waals surface area contributed by atoms with E-state index in [0.29, 0.717) is 36.6 Å². The Hall–Kier alpha value is -2.01. The number of rotatable bonds is 8. The van der Waals surface area contributed by atoms with Gasteiger partial charge in [-0.25, -0.2) is 0 Å². The molecule has 0 unspecified atom stereocenters. The number of hydrogen-bond donors (Lipinski definition) is 2. The van der Waals surface area contributed by atoms with Crippen molar-refractivity contribution in [2.45, 2.75) is 12.8 Å². The SMILES string of the molecule is C=CCc1cc(C(=O)NCCCN)cc(OC)c1OC. The molecule has 5 heteroatoms. The van der Waals surface area contributed by atoms with Crippen molar-refractivity contribution in [1.29, 1.82) is 0 Å². The first-order valence-corrected chi connectivity index (χ1v) is 6.52. The van der Waals surface area contributed by atoms with Crippen LogP contribution in [0.3, 0.4) is 0 Å². The predicted octanol–water partition coefficient (Wildman–Crippen LogP) is 1.51. The second-order valence-corrected chi connectivity index (χ2v) is 4.26. The molecule has 1 rings (SSSR count). The number of carbonyl (C=O) groups is 1. The van der Waals surface area contributed by atoms with Crippen molar-refractivity contribution >= 4 is 5.91 Å². The summed E-state index contributed by atoms with van der Waals surface area (Å²) in [6, 6.07) is 3.46. The lowest BCUT2D eigenvalue weighted by atomic mass is 10.0. The fourth-order valence-corrected chi connectivity index (χ4v) is 1.89. The third kappa shape index (κ3) is 3.99. The minimum absolute atomic E-state index is 0.148. The van der Waals surface area contributed by atoms with E-state index < -0.39 is 0 Å². The Morgan fingerprint density at radius 1 is 1.40 bits per heavy atom. The highest BCUT2D eigenvalue weighted by atomic mass is 16.5. The standard InChI is InChI=1S/C15H22N2O3/c1-4-6-11-9-12(15(18)17-8-5-7-16)10-13(19-2)14(11)20-3/h4,9-10H,1,5-8,16H2,2-3H3,(H,17,18). The zero-order valence-electron chi connectivity index (χ0n) is 12.1. The van der Waals surface area contributed by atoms with Crippen LogP contribution in [-0.4, -0.2) is 33.2 Å². The van der Waals surface area contributed by atoms with Crippen LogP contribution in [0.25, 0.3) is 0 Å². The van der Waals surface area contributed by atoms with E-state index >= 15 is 0 Å². The second-order valence-electron chi connectivity index (χ2n) is 4.26. The van der Waals surface area contributed by atoms with Crippen LogP contribution in [0.1, 0.15) is 22.3 Å². The van der Waals surface area contributed by atoms with Crippen molar-refractivity contribution in [3.05, 3.63) is 35.9 Å². The fraction of sp³-hybridized carbons (Fsp3) is 0.400. The van der Waals surface area contributed by atoms with Gasteiger partial charge in [-0.15, -0.1) is 6.58 Å². The zero-order valence-corrected chi connectivity index (χ0v) is 12.1. The van der Waals surface area contributed by atoms with E-state index in [0.717, 1.165) is 12.0 Å². The first-order valence-electron chi connectivity index (χ1n) is 6.52. The molecule has 20 heavy (non-hydrogen) atoms. The van der Waals surface area contributed by atoms with Gasteiger partial charge in [-0.1, -0.05) is 6.08 Å². The van der Waals surface area contributed by atoms with Gasteiger partial charge in [0.05, 0.1) is 14.2 Å². The fourth-order valence-electron chi connectivity index (χ4n) is 1.89. The minimum atomic E-state index is -0.148. The van der Waals surface area contributed by atoms with Gasteiger partial charge in [-0.2, -0.15) is 0 Å². The number of nitrogens with two attached hydrogens (primary N) is 1. The Labute approximate surface area is 119 Å². The third-order valence-corrected chi connectivity index (χ3v) is 2.85. The highest BCUT2D eigenvalue weighted by Gasteiger charge is 2.15. The molecule has 5 nitrogen and oxygen atoms in total. The maximum Gasteiger partial charge on any atom is 0.251 e. The van der Waals surface area contributed by atoms with E-state index in [2.05, 4.69) is 11.9 Å². The molecule has 0 radical (unpaired) electrons. The minimum Gasteiger partial charge on any atom is -0.493 e. The number of benzene rings is 1. The van der Waals surface area contributed by atoms with Crippen LogP contribution in [0.2, 0.25) is 0 Å². The van der Waals surface area contributed by atoms with Crippen LogP contribution in [0.15, 0.2) is 24.8 Å². The van der Waals surface area contributed by atoms with Gasteiger partial charge in [-0.05, 0) is 31.5 Å². The molecule has 0 aliphatic carbocycles. The molecule has 0 fully saturated rings. The Morgan fingerprint density at radius 2 is 2.15 bits per heavy atom. The average Bonchev–Trinajstić information content (AvgIpc) is 2.46. The molecule has 0 bridgehead atoms. The molecule has 0 atom stereocenters.